The summed E-state index contributed by atoms with van der Waals surface area (Å²) < 4.78 is 35.9. The third-order valence-corrected chi connectivity index (χ3v) is 8.97. The highest BCUT2D eigenvalue weighted by molar-refractivity contribution is 6.03. The lowest BCUT2D eigenvalue weighted by molar-refractivity contribution is -0.442. The van der Waals surface area contributed by atoms with Crippen LogP contribution in [0.4, 0.5) is 11.4 Å². The van der Waals surface area contributed by atoms with Gasteiger partial charge in [-0.3, -0.25) is 0 Å². The molecule has 0 aromatic heterocycles. The van der Waals surface area contributed by atoms with Crippen LogP contribution < -0.4 is 4.90 Å². The molecule has 0 radical (unpaired) electrons. The lowest BCUT2D eigenvalue weighted by atomic mass is 9.81. The van der Waals surface area contributed by atoms with Crippen LogP contribution in [0.15, 0.2) is 77.6 Å². The molecule has 0 spiro atoms. The van der Waals surface area contributed by atoms with Gasteiger partial charge in [0.1, 0.15) is 6.61 Å². The van der Waals surface area contributed by atoms with Crippen LogP contribution >= 0.6 is 0 Å². The lowest BCUT2D eigenvalue weighted by Crippen LogP contribution is -2.30. The van der Waals surface area contributed by atoms with Crippen LogP contribution in [-0.2, 0) is 39.3 Å². The molecule has 0 saturated carbocycles. The third-order valence-electron chi connectivity index (χ3n) is 8.97. The predicted octanol–water partition coefficient (Wildman–Crippen LogP) is 6.34. The number of ether oxygens (including phenoxy) is 6. The Morgan fingerprint density at radius 1 is 0.735 bits per heavy atom. The molecule has 0 bridgehead atoms. The second-order valence-electron chi connectivity index (χ2n) is 12.9. The van der Waals surface area contributed by atoms with E-state index >= 15 is 0 Å². The summed E-state index contributed by atoms with van der Waals surface area (Å²) in [7, 11) is 1.66. The van der Waals surface area contributed by atoms with Crippen molar-refractivity contribution in [3.63, 3.8) is 0 Å². The van der Waals surface area contributed by atoms with Crippen LogP contribution in [0.5, 0.6) is 0 Å². The summed E-state index contributed by atoms with van der Waals surface area (Å²) in [6, 6.07) is 17.3. The molecule has 0 amide bonds. The van der Waals surface area contributed by atoms with Gasteiger partial charge in [-0.2, -0.15) is 4.58 Å². The van der Waals surface area contributed by atoms with Crippen LogP contribution in [0.1, 0.15) is 38.8 Å². The van der Waals surface area contributed by atoms with Gasteiger partial charge in [-0.1, -0.05) is 61.4 Å². The van der Waals surface area contributed by atoms with Crippen molar-refractivity contribution in [3.8, 4) is 0 Å². The molecule has 2 aliphatic heterocycles. The minimum absolute atomic E-state index is 0.164. The summed E-state index contributed by atoms with van der Waals surface area (Å²) >= 11 is 0. The summed E-state index contributed by atoms with van der Waals surface area (Å²) in [5.41, 5.74) is 15.6. The quantitative estimate of drug-likeness (QED) is 0.0444. The SMILES string of the molecule is COCCOCCOCCOCC[N+]1=C(/C=C/C=C2/N(CCOCCOCCN=[N+]=[N-])c3ccccc3C2(C)C)C(C)(C)c2ccccc21. The van der Waals surface area contributed by atoms with E-state index in [2.05, 4.69) is 114 Å². The van der Waals surface area contributed by atoms with Gasteiger partial charge in [0.25, 0.3) is 0 Å². The van der Waals surface area contributed by atoms with E-state index in [1.54, 1.807) is 7.11 Å². The minimum atomic E-state index is -0.171. The molecule has 2 aromatic carbocycles. The first-order valence-corrected chi connectivity index (χ1v) is 17.2. The maximum absolute atomic E-state index is 8.39. The Hall–Kier alpha value is -3.54. The Labute approximate surface area is 291 Å². The summed E-state index contributed by atoms with van der Waals surface area (Å²) in [4.78, 5) is 5.12. The molecule has 266 valence electrons. The number of anilines is 1. The van der Waals surface area contributed by atoms with Gasteiger partial charge in [0.15, 0.2) is 12.3 Å². The zero-order valence-corrected chi connectivity index (χ0v) is 29.9. The Morgan fingerprint density at radius 2 is 1.33 bits per heavy atom. The highest BCUT2D eigenvalue weighted by Crippen LogP contribution is 2.47. The average Bonchev–Trinajstić information content (AvgIpc) is 3.45. The van der Waals surface area contributed by atoms with E-state index < -0.39 is 0 Å². The molecular formula is C38H54N5O6+. The normalized spacial score (nSPS) is 16.8. The molecule has 4 rings (SSSR count). The van der Waals surface area contributed by atoms with Gasteiger partial charge in [-0.05, 0) is 37.1 Å². The smallest absolute Gasteiger partial charge is 0.209 e. The van der Waals surface area contributed by atoms with E-state index in [1.165, 1.54) is 33.9 Å². The molecule has 11 nitrogen and oxygen atoms in total. The van der Waals surface area contributed by atoms with Crippen molar-refractivity contribution < 1.29 is 33.0 Å². The fourth-order valence-electron chi connectivity index (χ4n) is 6.46. The van der Waals surface area contributed by atoms with Crippen molar-refractivity contribution >= 4 is 17.1 Å². The molecule has 0 atom stereocenters. The predicted molar refractivity (Wildman–Crippen MR) is 193 cm³/mol. The first-order chi connectivity index (χ1) is 23.8. The zero-order valence-electron chi connectivity index (χ0n) is 29.9. The van der Waals surface area contributed by atoms with Crippen LogP contribution in [0.2, 0.25) is 0 Å². The topological polar surface area (TPSA) is 110 Å². The fourth-order valence-corrected chi connectivity index (χ4v) is 6.46. The Kier molecular flexibility index (Phi) is 15.3. The number of para-hydroxylation sites is 2. The number of allylic oxidation sites excluding steroid dienone is 4. The van der Waals surface area contributed by atoms with Gasteiger partial charge in [0.2, 0.25) is 5.69 Å². The number of nitrogens with zero attached hydrogens (tertiary/aromatic N) is 5. The van der Waals surface area contributed by atoms with Crippen LogP contribution in [0, 0.1) is 0 Å². The Balaban J connectivity index is 1.42. The second-order valence-corrected chi connectivity index (χ2v) is 12.9. The average molecular weight is 677 g/mol. The standard InChI is InChI=1S/C38H54N5O6/c1-37(2)31-11-6-8-13-33(31)42(18-21-46-26-25-45-20-17-40-41-39)35(37)15-10-16-36-38(3,4)32-12-7-9-14-34(32)43(36)19-22-47-27-28-49-30-29-48-24-23-44-5/h6-16H,17-30H2,1-5H3/q+1. The fraction of sp³-hybridized carbons (Fsp3) is 0.553. The molecule has 49 heavy (non-hydrogen) atoms. The maximum atomic E-state index is 8.39. The van der Waals surface area contributed by atoms with Crippen molar-refractivity contribution in [1.29, 1.82) is 0 Å². The Bertz CT molecular complexity index is 1480. The zero-order chi connectivity index (χ0) is 35.0. The lowest BCUT2D eigenvalue weighted by Gasteiger charge is -2.27. The molecule has 0 N–H and O–H groups in total. The van der Waals surface area contributed by atoms with E-state index in [0.29, 0.717) is 79.2 Å². The second kappa shape index (κ2) is 19.6. The molecule has 0 saturated heterocycles. The molecule has 2 heterocycles. The number of benzene rings is 2. The van der Waals surface area contributed by atoms with Crippen molar-refractivity contribution in [2.45, 2.75) is 38.5 Å². The molecule has 2 aliphatic rings. The van der Waals surface area contributed by atoms with E-state index in [-0.39, 0.29) is 10.8 Å². The molecule has 11 heteroatoms. The molecule has 0 fully saturated rings. The highest BCUT2D eigenvalue weighted by Gasteiger charge is 2.44. The van der Waals surface area contributed by atoms with E-state index in [0.717, 1.165) is 13.1 Å². The Morgan fingerprint density at radius 3 is 2.02 bits per heavy atom. The van der Waals surface area contributed by atoms with Gasteiger partial charge in [0, 0.05) is 59.6 Å². The van der Waals surface area contributed by atoms with Gasteiger partial charge in [0.05, 0.1) is 71.5 Å². The van der Waals surface area contributed by atoms with Gasteiger partial charge < -0.3 is 33.3 Å². The summed E-state index contributed by atoms with van der Waals surface area (Å²) in [5.74, 6) is 0. The minimum Gasteiger partial charge on any atom is -0.382 e. The monoisotopic (exact) mass is 676 g/mol. The first-order valence-electron chi connectivity index (χ1n) is 17.2. The number of hydrogen-bond donors (Lipinski definition) is 0. The van der Waals surface area contributed by atoms with Crippen LogP contribution in [0.25, 0.3) is 10.4 Å². The van der Waals surface area contributed by atoms with Crippen molar-refractivity contribution in [1.82, 2.24) is 0 Å². The summed E-state index contributed by atoms with van der Waals surface area (Å²) in [6.07, 6.45) is 6.73. The first kappa shape index (κ1) is 38.3. The van der Waals surface area contributed by atoms with Crippen molar-refractivity contribution in [3.05, 3.63) is 94.0 Å². The van der Waals surface area contributed by atoms with E-state index in [9.17, 15) is 0 Å². The van der Waals surface area contributed by atoms with Crippen LogP contribution in [0.3, 0.4) is 0 Å². The van der Waals surface area contributed by atoms with Crippen molar-refractivity contribution in [2.24, 2.45) is 5.11 Å². The van der Waals surface area contributed by atoms with Gasteiger partial charge >= 0.3 is 0 Å². The highest BCUT2D eigenvalue weighted by atomic mass is 16.6. The summed E-state index contributed by atoms with van der Waals surface area (Å²) in [6.45, 7) is 16.8. The van der Waals surface area contributed by atoms with Crippen LogP contribution in [-0.4, -0.2) is 110 Å². The number of hydrogen-bond acceptors (Lipinski definition) is 8. The van der Waals surface area contributed by atoms with Gasteiger partial charge in [-0.15, -0.1) is 0 Å². The van der Waals surface area contributed by atoms with Crippen molar-refractivity contribution in [2.75, 3.05) is 104 Å². The number of fused-ring (bicyclic) bond motifs is 2. The molecule has 2 aromatic rings. The van der Waals surface area contributed by atoms with E-state index in [1.807, 2.05) is 0 Å². The molecular weight excluding hydrogens is 622 g/mol. The number of methoxy groups -OCH3 is 1. The third kappa shape index (κ3) is 10.2. The molecule has 0 unspecified atom stereocenters. The largest absolute Gasteiger partial charge is 0.382 e. The maximum Gasteiger partial charge on any atom is 0.209 e. The molecule has 0 aliphatic carbocycles. The summed E-state index contributed by atoms with van der Waals surface area (Å²) in [5, 5.41) is 3.49. The number of azide groups is 1. The van der Waals surface area contributed by atoms with E-state index in [4.69, 9.17) is 34.0 Å². The number of rotatable bonds is 23. The van der Waals surface area contributed by atoms with Gasteiger partial charge in [-0.25, -0.2) is 0 Å².